The molecule has 0 saturated carbocycles. The normalized spacial score (nSPS) is 14.8. The first-order chi connectivity index (χ1) is 7.88. The number of hydrogen-bond acceptors (Lipinski definition) is 1. The van der Waals surface area contributed by atoms with E-state index in [1.54, 1.807) is 0 Å². The van der Waals surface area contributed by atoms with Gasteiger partial charge in [-0.2, -0.15) is 0 Å². The standard InChI is InChI=1S/C13H14N2O/c16-8-14-9-5-6-13-11(7-9)10-3-1-2-4-12(10)15-13/h5-8,15H,1-4H2,(H,14,16). The number of aryl methyl sites for hydroxylation is 2. The van der Waals surface area contributed by atoms with E-state index >= 15 is 0 Å². The maximum Gasteiger partial charge on any atom is 0.211 e. The van der Waals surface area contributed by atoms with Crippen LogP contribution in [0.3, 0.4) is 0 Å². The predicted octanol–water partition coefficient (Wildman–Crippen LogP) is 2.62. The second-order valence-electron chi connectivity index (χ2n) is 4.31. The minimum atomic E-state index is 0.722. The number of hydrogen-bond donors (Lipinski definition) is 2. The Bertz CT molecular complexity index is 542. The molecule has 1 aromatic carbocycles. The number of carbonyl (C=O) groups is 1. The summed E-state index contributed by atoms with van der Waals surface area (Å²) in [4.78, 5) is 13.9. The van der Waals surface area contributed by atoms with Crippen LogP contribution in [0.15, 0.2) is 18.2 Å². The maximum absolute atomic E-state index is 10.4. The summed E-state index contributed by atoms with van der Waals surface area (Å²) >= 11 is 0. The summed E-state index contributed by atoms with van der Waals surface area (Å²) in [6, 6.07) is 6.03. The molecular weight excluding hydrogens is 200 g/mol. The molecule has 0 bridgehead atoms. The molecular formula is C13H14N2O. The highest BCUT2D eigenvalue weighted by molar-refractivity contribution is 5.89. The van der Waals surface area contributed by atoms with Crippen LogP contribution in [-0.2, 0) is 17.6 Å². The van der Waals surface area contributed by atoms with Gasteiger partial charge in [-0.3, -0.25) is 4.79 Å². The molecule has 1 aliphatic carbocycles. The molecule has 82 valence electrons. The van der Waals surface area contributed by atoms with E-state index in [-0.39, 0.29) is 0 Å². The third kappa shape index (κ3) is 1.40. The first-order valence-electron chi connectivity index (χ1n) is 5.72. The number of aromatic amines is 1. The lowest BCUT2D eigenvalue weighted by molar-refractivity contribution is -0.105. The Morgan fingerprint density at radius 3 is 3.00 bits per heavy atom. The number of rotatable bonds is 2. The number of fused-ring (bicyclic) bond motifs is 3. The van der Waals surface area contributed by atoms with Crippen LogP contribution >= 0.6 is 0 Å². The molecule has 16 heavy (non-hydrogen) atoms. The highest BCUT2D eigenvalue weighted by atomic mass is 16.1. The van der Waals surface area contributed by atoms with E-state index in [9.17, 15) is 4.79 Å². The monoisotopic (exact) mass is 214 g/mol. The van der Waals surface area contributed by atoms with Crippen molar-refractivity contribution in [3.63, 3.8) is 0 Å². The zero-order valence-electron chi connectivity index (χ0n) is 9.05. The van der Waals surface area contributed by atoms with Crippen LogP contribution in [0.2, 0.25) is 0 Å². The van der Waals surface area contributed by atoms with Gasteiger partial charge < -0.3 is 10.3 Å². The summed E-state index contributed by atoms with van der Waals surface area (Å²) in [6.45, 7) is 0. The highest BCUT2D eigenvalue weighted by Crippen LogP contribution is 2.30. The van der Waals surface area contributed by atoms with Gasteiger partial charge in [0.15, 0.2) is 0 Å². The molecule has 1 heterocycles. The molecule has 1 amide bonds. The van der Waals surface area contributed by atoms with Crippen molar-refractivity contribution in [2.24, 2.45) is 0 Å². The van der Waals surface area contributed by atoms with Gasteiger partial charge in [-0.1, -0.05) is 0 Å². The fourth-order valence-electron chi connectivity index (χ4n) is 2.56. The van der Waals surface area contributed by atoms with Gasteiger partial charge in [-0.05, 0) is 49.4 Å². The van der Waals surface area contributed by atoms with Crippen LogP contribution in [0.5, 0.6) is 0 Å². The average Bonchev–Trinajstić information content (AvgIpc) is 2.68. The molecule has 2 N–H and O–H groups in total. The summed E-state index contributed by atoms with van der Waals surface area (Å²) in [7, 11) is 0. The number of H-pyrrole nitrogens is 1. The van der Waals surface area contributed by atoms with E-state index in [4.69, 9.17) is 0 Å². The molecule has 0 spiro atoms. The first kappa shape index (κ1) is 9.46. The molecule has 0 saturated heterocycles. The molecule has 0 aliphatic heterocycles. The Kier molecular flexibility index (Phi) is 2.17. The van der Waals surface area contributed by atoms with Gasteiger partial charge in [0, 0.05) is 22.3 Å². The molecule has 0 radical (unpaired) electrons. The lowest BCUT2D eigenvalue weighted by Crippen LogP contribution is -2.00. The smallest absolute Gasteiger partial charge is 0.211 e. The predicted molar refractivity (Wildman–Crippen MR) is 64.6 cm³/mol. The van der Waals surface area contributed by atoms with Gasteiger partial charge in [0.1, 0.15) is 0 Å². The number of anilines is 1. The molecule has 0 fully saturated rings. The van der Waals surface area contributed by atoms with E-state index < -0.39 is 0 Å². The zero-order chi connectivity index (χ0) is 11.0. The van der Waals surface area contributed by atoms with Crippen molar-refractivity contribution in [3.05, 3.63) is 29.5 Å². The molecule has 3 rings (SSSR count). The number of aromatic nitrogens is 1. The Labute approximate surface area is 93.9 Å². The van der Waals surface area contributed by atoms with Crippen molar-refractivity contribution in [3.8, 4) is 0 Å². The summed E-state index contributed by atoms with van der Waals surface area (Å²) < 4.78 is 0. The maximum atomic E-state index is 10.4. The lowest BCUT2D eigenvalue weighted by atomic mass is 9.95. The van der Waals surface area contributed by atoms with Crippen molar-refractivity contribution in [2.45, 2.75) is 25.7 Å². The van der Waals surface area contributed by atoms with Crippen LogP contribution in [0.1, 0.15) is 24.1 Å². The van der Waals surface area contributed by atoms with Crippen molar-refractivity contribution in [1.82, 2.24) is 4.98 Å². The minimum absolute atomic E-state index is 0.722. The van der Waals surface area contributed by atoms with Gasteiger partial charge in [0.2, 0.25) is 6.41 Å². The Morgan fingerprint density at radius 2 is 2.12 bits per heavy atom. The van der Waals surface area contributed by atoms with Crippen LogP contribution < -0.4 is 5.32 Å². The second-order valence-corrected chi connectivity index (χ2v) is 4.31. The Hall–Kier alpha value is -1.77. The number of amides is 1. The Balaban J connectivity index is 2.17. The minimum Gasteiger partial charge on any atom is -0.358 e. The van der Waals surface area contributed by atoms with Gasteiger partial charge in [0.25, 0.3) is 0 Å². The molecule has 0 unspecified atom stereocenters. The molecule has 0 atom stereocenters. The van der Waals surface area contributed by atoms with E-state index in [0.717, 1.165) is 24.9 Å². The molecule has 2 aromatic rings. The Morgan fingerprint density at radius 1 is 1.25 bits per heavy atom. The van der Waals surface area contributed by atoms with Gasteiger partial charge in [-0.25, -0.2) is 0 Å². The van der Waals surface area contributed by atoms with Crippen LogP contribution in [0.4, 0.5) is 5.69 Å². The fraction of sp³-hybridized carbons (Fsp3) is 0.308. The van der Waals surface area contributed by atoms with Gasteiger partial charge >= 0.3 is 0 Å². The topological polar surface area (TPSA) is 44.9 Å². The second kappa shape index (κ2) is 3.67. The summed E-state index contributed by atoms with van der Waals surface area (Å²) in [5.74, 6) is 0. The summed E-state index contributed by atoms with van der Waals surface area (Å²) in [5, 5.41) is 3.97. The van der Waals surface area contributed by atoms with E-state index in [2.05, 4.69) is 16.4 Å². The van der Waals surface area contributed by atoms with E-state index in [1.165, 1.54) is 35.0 Å². The van der Waals surface area contributed by atoms with Gasteiger partial charge in [-0.15, -0.1) is 0 Å². The van der Waals surface area contributed by atoms with Crippen molar-refractivity contribution < 1.29 is 4.79 Å². The largest absolute Gasteiger partial charge is 0.358 e. The summed E-state index contributed by atoms with van der Waals surface area (Å²) in [5.41, 5.74) is 4.87. The quantitative estimate of drug-likeness (QED) is 0.741. The first-order valence-corrected chi connectivity index (χ1v) is 5.72. The number of nitrogens with one attached hydrogen (secondary N) is 2. The molecule has 1 aliphatic rings. The SMILES string of the molecule is O=CNc1ccc2[nH]c3c(c2c1)CCCC3. The van der Waals surface area contributed by atoms with Crippen LogP contribution in [0.25, 0.3) is 10.9 Å². The zero-order valence-corrected chi connectivity index (χ0v) is 9.05. The highest BCUT2D eigenvalue weighted by Gasteiger charge is 2.15. The molecule has 1 aromatic heterocycles. The van der Waals surface area contributed by atoms with Crippen LogP contribution in [0, 0.1) is 0 Å². The van der Waals surface area contributed by atoms with Crippen molar-refractivity contribution in [1.29, 1.82) is 0 Å². The average molecular weight is 214 g/mol. The van der Waals surface area contributed by atoms with Gasteiger partial charge in [0.05, 0.1) is 0 Å². The number of benzene rings is 1. The van der Waals surface area contributed by atoms with E-state index in [0.29, 0.717) is 0 Å². The fourth-order valence-corrected chi connectivity index (χ4v) is 2.56. The third-order valence-corrected chi connectivity index (χ3v) is 3.32. The number of carbonyl (C=O) groups excluding carboxylic acids is 1. The van der Waals surface area contributed by atoms with Crippen molar-refractivity contribution in [2.75, 3.05) is 5.32 Å². The lowest BCUT2D eigenvalue weighted by Gasteiger charge is -2.10. The van der Waals surface area contributed by atoms with Crippen molar-refractivity contribution >= 4 is 23.0 Å². The molecule has 3 heteroatoms. The molecule has 3 nitrogen and oxygen atoms in total. The summed E-state index contributed by atoms with van der Waals surface area (Å²) in [6.07, 6.45) is 5.57. The van der Waals surface area contributed by atoms with Crippen LogP contribution in [-0.4, -0.2) is 11.4 Å². The third-order valence-electron chi connectivity index (χ3n) is 3.32. The van der Waals surface area contributed by atoms with E-state index in [1.807, 2.05) is 12.1 Å².